The Balaban J connectivity index is 1.92. The number of aliphatic imine (C=N–C) groups is 1. The van der Waals surface area contributed by atoms with Crippen molar-refractivity contribution in [1.29, 1.82) is 0 Å². The largest absolute Gasteiger partial charge is 0.497 e. The van der Waals surface area contributed by atoms with Crippen LogP contribution in [0.5, 0.6) is 5.75 Å². The van der Waals surface area contributed by atoms with Crippen molar-refractivity contribution in [1.82, 2.24) is 0 Å². The number of ether oxygens (including phenoxy) is 2. The Hall–Kier alpha value is -2.59. The molecular formula is C17H12ClNO3. The van der Waals surface area contributed by atoms with E-state index < -0.39 is 5.97 Å². The van der Waals surface area contributed by atoms with Crippen molar-refractivity contribution in [3.8, 4) is 5.75 Å². The van der Waals surface area contributed by atoms with E-state index >= 15 is 0 Å². The van der Waals surface area contributed by atoms with Crippen molar-refractivity contribution in [3.05, 3.63) is 70.4 Å². The van der Waals surface area contributed by atoms with Crippen molar-refractivity contribution < 1.29 is 14.3 Å². The third-order valence-electron chi connectivity index (χ3n) is 3.11. The number of hydrogen-bond donors (Lipinski definition) is 0. The summed E-state index contributed by atoms with van der Waals surface area (Å²) >= 11 is 5.84. The standard InChI is InChI=1S/C17H12ClNO3/c1-21-14-4-2-3-11(9-14)10-15-17(20)22-16(19-15)12-5-7-13(18)8-6-12/h2-10H,1H3/b15-10+. The highest BCUT2D eigenvalue weighted by Gasteiger charge is 2.24. The fourth-order valence-corrected chi connectivity index (χ4v) is 2.14. The molecule has 0 aliphatic carbocycles. The quantitative estimate of drug-likeness (QED) is 0.641. The fraction of sp³-hybridized carbons (Fsp3) is 0.0588. The lowest BCUT2D eigenvalue weighted by molar-refractivity contribution is -0.129. The van der Waals surface area contributed by atoms with Gasteiger partial charge in [-0.1, -0.05) is 23.7 Å². The molecule has 110 valence electrons. The van der Waals surface area contributed by atoms with E-state index in [1.54, 1.807) is 37.5 Å². The topological polar surface area (TPSA) is 47.9 Å². The van der Waals surface area contributed by atoms with Crippen molar-refractivity contribution in [2.24, 2.45) is 4.99 Å². The van der Waals surface area contributed by atoms with Crippen LogP contribution in [0.3, 0.4) is 0 Å². The van der Waals surface area contributed by atoms with Gasteiger partial charge in [-0.05, 0) is 48.0 Å². The number of carbonyl (C=O) groups is 1. The zero-order chi connectivity index (χ0) is 15.5. The predicted octanol–water partition coefficient (Wildman–Crippen LogP) is 3.69. The van der Waals surface area contributed by atoms with Crippen LogP contribution in [-0.4, -0.2) is 19.0 Å². The van der Waals surface area contributed by atoms with E-state index in [4.69, 9.17) is 21.1 Å². The smallest absolute Gasteiger partial charge is 0.363 e. The molecule has 0 bridgehead atoms. The van der Waals surface area contributed by atoms with Gasteiger partial charge in [0.05, 0.1) is 7.11 Å². The molecule has 1 aliphatic heterocycles. The molecule has 0 fully saturated rings. The second-order valence-corrected chi connectivity index (χ2v) is 5.06. The zero-order valence-electron chi connectivity index (χ0n) is 11.7. The van der Waals surface area contributed by atoms with Crippen LogP contribution in [-0.2, 0) is 9.53 Å². The molecule has 0 saturated carbocycles. The molecule has 1 heterocycles. The van der Waals surface area contributed by atoms with Crippen LogP contribution in [0, 0.1) is 0 Å². The summed E-state index contributed by atoms with van der Waals surface area (Å²) in [5.41, 5.74) is 1.76. The summed E-state index contributed by atoms with van der Waals surface area (Å²) in [6.07, 6.45) is 1.66. The average molecular weight is 314 g/mol. The minimum atomic E-state index is -0.479. The van der Waals surface area contributed by atoms with E-state index in [0.29, 0.717) is 16.3 Å². The highest BCUT2D eigenvalue weighted by atomic mass is 35.5. The predicted molar refractivity (Wildman–Crippen MR) is 85.1 cm³/mol. The normalized spacial score (nSPS) is 15.6. The molecule has 2 aromatic rings. The van der Waals surface area contributed by atoms with Gasteiger partial charge in [-0.3, -0.25) is 0 Å². The van der Waals surface area contributed by atoms with E-state index in [-0.39, 0.29) is 11.6 Å². The number of rotatable bonds is 3. The molecule has 0 N–H and O–H groups in total. The van der Waals surface area contributed by atoms with Gasteiger partial charge in [-0.25, -0.2) is 9.79 Å². The van der Waals surface area contributed by atoms with Crippen molar-refractivity contribution in [2.75, 3.05) is 7.11 Å². The number of hydrogen-bond acceptors (Lipinski definition) is 4. The zero-order valence-corrected chi connectivity index (χ0v) is 12.5. The van der Waals surface area contributed by atoms with Crippen LogP contribution in [0.15, 0.2) is 59.2 Å². The van der Waals surface area contributed by atoms with Crippen LogP contribution in [0.2, 0.25) is 5.02 Å². The van der Waals surface area contributed by atoms with Crippen LogP contribution in [0.4, 0.5) is 0 Å². The molecular weight excluding hydrogens is 302 g/mol. The summed E-state index contributed by atoms with van der Waals surface area (Å²) in [4.78, 5) is 16.2. The number of halogens is 1. The van der Waals surface area contributed by atoms with Gasteiger partial charge in [0.1, 0.15) is 5.75 Å². The maximum atomic E-state index is 11.9. The number of cyclic esters (lactones) is 1. The minimum absolute atomic E-state index is 0.248. The minimum Gasteiger partial charge on any atom is -0.497 e. The van der Waals surface area contributed by atoms with E-state index in [0.717, 1.165) is 5.56 Å². The van der Waals surface area contributed by atoms with E-state index in [2.05, 4.69) is 4.99 Å². The van der Waals surface area contributed by atoms with Gasteiger partial charge in [0, 0.05) is 10.6 Å². The van der Waals surface area contributed by atoms with E-state index in [9.17, 15) is 4.79 Å². The van der Waals surface area contributed by atoms with Gasteiger partial charge < -0.3 is 9.47 Å². The van der Waals surface area contributed by atoms with Gasteiger partial charge in [0.25, 0.3) is 0 Å². The Labute approximate surface area is 132 Å². The lowest BCUT2D eigenvalue weighted by Gasteiger charge is -2.00. The molecule has 1 aliphatic rings. The van der Waals surface area contributed by atoms with Gasteiger partial charge in [-0.2, -0.15) is 0 Å². The SMILES string of the molecule is COc1cccc(/C=C2/N=C(c3ccc(Cl)cc3)OC2=O)c1. The maximum Gasteiger partial charge on any atom is 0.363 e. The van der Waals surface area contributed by atoms with Gasteiger partial charge in [0.15, 0.2) is 5.70 Å². The lowest BCUT2D eigenvalue weighted by Crippen LogP contribution is -2.05. The van der Waals surface area contributed by atoms with Crippen LogP contribution in [0.1, 0.15) is 11.1 Å². The highest BCUT2D eigenvalue weighted by Crippen LogP contribution is 2.21. The Morgan fingerprint density at radius 2 is 1.95 bits per heavy atom. The van der Waals surface area contributed by atoms with Crippen molar-refractivity contribution >= 4 is 29.5 Å². The molecule has 4 nitrogen and oxygen atoms in total. The lowest BCUT2D eigenvalue weighted by atomic mass is 10.2. The number of carbonyl (C=O) groups excluding carboxylic acids is 1. The molecule has 5 heteroatoms. The number of esters is 1. The fourth-order valence-electron chi connectivity index (χ4n) is 2.01. The molecule has 0 aromatic heterocycles. The van der Waals surface area contributed by atoms with Crippen molar-refractivity contribution in [2.45, 2.75) is 0 Å². The first-order valence-corrected chi connectivity index (χ1v) is 6.96. The van der Waals surface area contributed by atoms with Gasteiger partial charge in [-0.15, -0.1) is 0 Å². The van der Waals surface area contributed by atoms with E-state index in [1.165, 1.54) is 0 Å². The summed E-state index contributed by atoms with van der Waals surface area (Å²) < 4.78 is 10.4. The molecule has 22 heavy (non-hydrogen) atoms. The summed E-state index contributed by atoms with van der Waals surface area (Å²) in [6.45, 7) is 0. The Morgan fingerprint density at radius 3 is 2.68 bits per heavy atom. The maximum absolute atomic E-state index is 11.9. The van der Waals surface area contributed by atoms with Crippen molar-refractivity contribution in [3.63, 3.8) is 0 Å². The second kappa shape index (κ2) is 6.03. The monoisotopic (exact) mass is 313 g/mol. The Morgan fingerprint density at radius 1 is 1.18 bits per heavy atom. The highest BCUT2D eigenvalue weighted by molar-refractivity contribution is 6.30. The van der Waals surface area contributed by atoms with E-state index in [1.807, 2.05) is 24.3 Å². The first-order chi connectivity index (χ1) is 10.7. The molecule has 0 saturated heterocycles. The number of methoxy groups -OCH3 is 1. The third-order valence-corrected chi connectivity index (χ3v) is 3.36. The molecule has 0 atom stereocenters. The number of nitrogens with zero attached hydrogens (tertiary/aromatic N) is 1. The van der Waals surface area contributed by atoms with Crippen LogP contribution in [0.25, 0.3) is 6.08 Å². The Bertz CT molecular complexity index is 779. The summed E-state index contributed by atoms with van der Waals surface area (Å²) in [6, 6.07) is 14.3. The summed E-state index contributed by atoms with van der Waals surface area (Å²) in [7, 11) is 1.59. The average Bonchev–Trinajstić information content (AvgIpc) is 2.89. The number of benzene rings is 2. The molecule has 0 unspecified atom stereocenters. The molecule has 2 aromatic carbocycles. The first kappa shape index (κ1) is 14.4. The van der Waals surface area contributed by atoms with Crippen LogP contribution >= 0.6 is 11.6 Å². The Kier molecular flexibility index (Phi) is 3.94. The van der Waals surface area contributed by atoms with Gasteiger partial charge in [0.2, 0.25) is 5.90 Å². The summed E-state index contributed by atoms with van der Waals surface area (Å²) in [5, 5.41) is 0.612. The van der Waals surface area contributed by atoms with Gasteiger partial charge >= 0.3 is 5.97 Å². The first-order valence-electron chi connectivity index (χ1n) is 6.58. The molecule has 0 amide bonds. The third kappa shape index (κ3) is 3.02. The molecule has 3 rings (SSSR count). The molecule has 0 radical (unpaired) electrons. The molecule has 0 spiro atoms. The second-order valence-electron chi connectivity index (χ2n) is 4.62. The summed E-state index contributed by atoms with van der Waals surface area (Å²) in [5.74, 6) is 0.506. The van der Waals surface area contributed by atoms with Crippen LogP contribution < -0.4 is 4.74 Å².